The molecule has 0 aliphatic carbocycles. The van der Waals surface area contributed by atoms with Gasteiger partial charge in [-0.25, -0.2) is 21.0 Å². The van der Waals surface area contributed by atoms with Gasteiger partial charge < -0.3 is 9.22 Å². The molecule has 1 heterocycles. The van der Waals surface area contributed by atoms with Crippen LogP contribution in [0.1, 0.15) is 12.8 Å². The summed E-state index contributed by atoms with van der Waals surface area (Å²) in [5.74, 6) is 5.38. The first-order valence-electron chi connectivity index (χ1n) is 6.14. The largest absolute Gasteiger partial charge is 0.383 e. The van der Waals surface area contributed by atoms with E-state index in [1.54, 1.807) is 7.11 Å². The average molecular weight is 259 g/mol. The van der Waals surface area contributed by atoms with Gasteiger partial charge in [0.2, 0.25) is 0 Å². The smallest absolute Gasteiger partial charge is 0.379 e. The molecule has 1 aliphatic rings. The number of hydrogen-bond acceptors (Lipinski definition) is 5. The van der Waals surface area contributed by atoms with Crippen LogP contribution in [0.2, 0.25) is 0 Å². The number of quaternary nitrogens is 1. The van der Waals surface area contributed by atoms with Crippen LogP contribution in [-0.4, -0.2) is 51.0 Å². The van der Waals surface area contributed by atoms with Crippen molar-refractivity contribution in [2.45, 2.75) is 12.8 Å². The van der Waals surface area contributed by atoms with Crippen molar-refractivity contribution in [3.8, 4) is 23.9 Å². The van der Waals surface area contributed by atoms with Gasteiger partial charge in [0.1, 0.15) is 6.54 Å². The fraction of sp³-hybridized carbons (Fsp3) is 0.667. The second-order valence-corrected chi connectivity index (χ2v) is 4.87. The molecule has 7 heteroatoms. The Kier molecular flexibility index (Phi) is 7.24. The minimum Gasteiger partial charge on any atom is -0.379 e. The van der Waals surface area contributed by atoms with Gasteiger partial charge in [0.05, 0.1) is 26.7 Å². The van der Waals surface area contributed by atoms with Crippen LogP contribution in [0, 0.1) is 44.9 Å². The lowest BCUT2D eigenvalue weighted by molar-refractivity contribution is -0.897. The molecule has 0 N–H and O–H groups in total. The van der Waals surface area contributed by atoms with E-state index in [-0.39, 0.29) is 0 Å². The SMILES string of the molecule is COCC[N+]1(C)CCCC1.N#C[B-](C#N)(C#N)C#N. The van der Waals surface area contributed by atoms with Crippen LogP contribution in [0.4, 0.5) is 0 Å². The Bertz CT molecular complexity index is 383. The second-order valence-electron chi connectivity index (χ2n) is 4.87. The quantitative estimate of drug-likeness (QED) is 0.544. The van der Waals surface area contributed by atoms with E-state index < -0.39 is 6.15 Å². The predicted octanol–water partition coefficient (Wildman–Crippen LogP) is 0.560. The minimum atomic E-state index is -2.72. The molecule has 100 valence electrons. The fourth-order valence-corrected chi connectivity index (χ4v) is 1.81. The summed E-state index contributed by atoms with van der Waals surface area (Å²) in [5.41, 5.74) is 0. The van der Waals surface area contributed by atoms with Crippen LogP contribution in [-0.2, 0) is 4.74 Å². The van der Waals surface area contributed by atoms with E-state index in [2.05, 4.69) is 7.05 Å². The van der Waals surface area contributed by atoms with E-state index in [0.29, 0.717) is 0 Å². The highest BCUT2D eigenvalue weighted by atomic mass is 16.5. The Morgan fingerprint density at radius 2 is 1.42 bits per heavy atom. The average Bonchev–Trinajstić information content (AvgIpc) is 2.88. The lowest BCUT2D eigenvalue weighted by atomic mass is 9.30. The van der Waals surface area contributed by atoms with Gasteiger partial charge in [0, 0.05) is 20.0 Å². The molecular weight excluding hydrogens is 241 g/mol. The molecule has 1 fully saturated rings. The van der Waals surface area contributed by atoms with Crippen LogP contribution in [0.3, 0.4) is 0 Å². The maximum Gasteiger partial charge on any atom is 0.383 e. The predicted molar refractivity (Wildman–Crippen MR) is 70.1 cm³/mol. The monoisotopic (exact) mass is 259 g/mol. The lowest BCUT2D eigenvalue weighted by Gasteiger charge is -2.28. The number of nitrogens with zero attached hydrogens (tertiary/aromatic N) is 5. The number of likely N-dealkylation sites (tertiary alicyclic amines) is 1. The van der Waals surface area contributed by atoms with Crippen LogP contribution >= 0.6 is 0 Å². The first-order chi connectivity index (χ1) is 9.01. The molecule has 6 nitrogen and oxygen atoms in total. The van der Waals surface area contributed by atoms with E-state index in [1.165, 1.54) is 60.8 Å². The maximum absolute atomic E-state index is 8.09. The molecule has 19 heavy (non-hydrogen) atoms. The molecule has 0 bridgehead atoms. The molecule has 0 aromatic heterocycles. The van der Waals surface area contributed by atoms with Crippen molar-refractivity contribution in [2.24, 2.45) is 0 Å². The summed E-state index contributed by atoms with van der Waals surface area (Å²) in [4.78, 5) is 0. The summed E-state index contributed by atoms with van der Waals surface area (Å²) in [5, 5.41) is 32.3. The summed E-state index contributed by atoms with van der Waals surface area (Å²) in [6.07, 6.45) is 0.0838. The zero-order valence-corrected chi connectivity index (χ0v) is 11.5. The summed E-state index contributed by atoms with van der Waals surface area (Å²) in [7, 11) is 4.11. The van der Waals surface area contributed by atoms with Crippen LogP contribution in [0.15, 0.2) is 0 Å². The summed E-state index contributed by atoms with van der Waals surface area (Å²) < 4.78 is 6.28. The van der Waals surface area contributed by atoms with Crippen LogP contribution in [0.25, 0.3) is 0 Å². The molecule has 0 aromatic rings. The Hall–Kier alpha value is -2.06. The highest BCUT2D eigenvalue weighted by Gasteiger charge is 2.25. The zero-order chi connectivity index (χ0) is 14.8. The van der Waals surface area contributed by atoms with Gasteiger partial charge >= 0.3 is 6.15 Å². The maximum atomic E-state index is 8.09. The minimum absolute atomic E-state index is 0.913. The lowest BCUT2D eigenvalue weighted by Crippen LogP contribution is -2.43. The number of methoxy groups -OCH3 is 1. The van der Waals surface area contributed by atoms with Gasteiger partial charge in [0.15, 0.2) is 0 Å². The number of ether oxygens (including phenoxy) is 1. The molecule has 0 unspecified atom stereocenters. The topological polar surface area (TPSA) is 104 Å². The van der Waals surface area contributed by atoms with E-state index in [9.17, 15) is 0 Å². The molecule has 0 aromatic carbocycles. The third-order valence-electron chi connectivity index (χ3n) is 3.26. The summed E-state index contributed by atoms with van der Waals surface area (Å²) in [6.45, 7) is 4.81. The molecule has 0 amide bonds. The van der Waals surface area contributed by atoms with Crippen molar-refractivity contribution < 1.29 is 9.22 Å². The summed E-state index contributed by atoms with van der Waals surface area (Å²) >= 11 is 0. The van der Waals surface area contributed by atoms with Gasteiger partial charge in [-0.05, 0) is 0 Å². The van der Waals surface area contributed by atoms with Crippen molar-refractivity contribution in [1.82, 2.24) is 0 Å². The van der Waals surface area contributed by atoms with Gasteiger partial charge in [-0.2, -0.15) is 0 Å². The molecule has 0 atom stereocenters. The third kappa shape index (κ3) is 5.41. The second kappa shape index (κ2) is 8.12. The Labute approximate surface area is 114 Å². The molecule has 1 aliphatic heterocycles. The summed E-state index contributed by atoms with van der Waals surface area (Å²) in [6, 6.07) is 0. The molecule has 1 rings (SSSR count). The third-order valence-corrected chi connectivity index (χ3v) is 3.26. The van der Waals surface area contributed by atoms with Gasteiger partial charge in [-0.15, -0.1) is 23.9 Å². The fourth-order valence-electron chi connectivity index (χ4n) is 1.81. The first-order valence-corrected chi connectivity index (χ1v) is 6.14. The van der Waals surface area contributed by atoms with Gasteiger partial charge in [-0.3, -0.25) is 0 Å². The highest BCUT2D eigenvalue weighted by Crippen LogP contribution is 2.15. The normalized spacial score (nSPS) is 15.9. The zero-order valence-electron chi connectivity index (χ0n) is 11.5. The highest BCUT2D eigenvalue weighted by molar-refractivity contribution is 7.05. The Balaban J connectivity index is 0.000000344. The van der Waals surface area contributed by atoms with Crippen LogP contribution in [0.5, 0.6) is 0 Å². The number of likely N-dealkylation sites (N-methyl/N-ethyl adjacent to an activating group) is 1. The Morgan fingerprint density at radius 1 is 1.00 bits per heavy atom. The van der Waals surface area contributed by atoms with E-state index in [1.807, 2.05) is 0 Å². The van der Waals surface area contributed by atoms with Gasteiger partial charge in [0.25, 0.3) is 0 Å². The molecular formula is C12H18BN5O. The van der Waals surface area contributed by atoms with Crippen molar-refractivity contribution in [3.63, 3.8) is 0 Å². The van der Waals surface area contributed by atoms with Crippen molar-refractivity contribution in [2.75, 3.05) is 40.4 Å². The van der Waals surface area contributed by atoms with E-state index in [4.69, 9.17) is 25.8 Å². The van der Waals surface area contributed by atoms with Crippen molar-refractivity contribution in [3.05, 3.63) is 0 Å². The molecule has 0 spiro atoms. The van der Waals surface area contributed by atoms with Gasteiger partial charge in [-0.1, -0.05) is 0 Å². The molecule has 0 radical (unpaired) electrons. The van der Waals surface area contributed by atoms with Crippen LogP contribution < -0.4 is 0 Å². The van der Waals surface area contributed by atoms with Crippen molar-refractivity contribution in [1.29, 1.82) is 21.0 Å². The Morgan fingerprint density at radius 3 is 1.68 bits per heavy atom. The number of rotatable bonds is 3. The standard InChI is InChI=1S/C8H18NO.C4BN4/c1-9(7-8-10-2)5-3-4-6-9;6-1-5(2-7,3-8)4-9/h3-8H2,1-2H3;/q+1;-1. The van der Waals surface area contributed by atoms with Crippen molar-refractivity contribution >= 4 is 6.15 Å². The molecule has 1 saturated heterocycles. The number of nitriles is 4. The van der Waals surface area contributed by atoms with E-state index >= 15 is 0 Å². The molecule has 0 saturated carbocycles. The first kappa shape index (κ1) is 16.9. The van der Waals surface area contributed by atoms with E-state index in [0.717, 1.165) is 6.61 Å². The number of hydrogen-bond donors (Lipinski definition) is 0.